The zero-order chi connectivity index (χ0) is 8.32. The largest absolute Gasteiger partial charge is 0.697 e. The summed E-state index contributed by atoms with van der Waals surface area (Å²) in [5.41, 5.74) is -0.775. The molecule has 0 unspecified atom stereocenters. The van der Waals surface area contributed by atoms with Crippen LogP contribution in [0, 0.1) is 5.41 Å². The van der Waals surface area contributed by atoms with Gasteiger partial charge in [0, 0.05) is 4.57 Å². The van der Waals surface area contributed by atoms with Gasteiger partial charge in [-0.3, -0.25) is 0 Å². The van der Waals surface area contributed by atoms with Crippen molar-refractivity contribution in [2.24, 2.45) is 5.41 Å². The van der Waals surface area contributed by atoms with Crippen LogP contribution in [0.1, 0.15) is 0 Å². The fourth-order valence-electron chi connectivity index (χ4n) is 0.691. The molecular formula is C5H10O5P+. The van der Waals surface area contributed by atoms with E-state index in [4.69, 9.17) is 10.2 Å². The molecule has 5 nitrogen and oxygen atoms in total. The van der Waals surface area contributed by atoms with Crippen molar-refractivity contribution in [3.05, 3.63) is 0 Å². The molecule has 0 amide bonds. The molecule has 0 aliphatic carbocycles. The van der Waals surface area contributed by atoms with Crippen molar-refractivity contribution in [2.45, 2.75) is 0 Å². The average molecular weight is 181 g/mol. The van der Waals surface area contributed by atoms with Gasteiger partial charge in [-0.2, -0.15) is 0 Å². The van der Waals surface area contributed by atoms with Crippen molar-refractivity contribution in [2.75, 3.05) is 26.4 Å². The quantitative estimate of drug-likeness (QED) is 0.570. The Morgan fingerprint density at radius 2 is 1.73 bits per heavy atom. The molecule has 0 aromatic heterocycles. The molecule has 1 aliphatic rings. The molecule has 2 N–H and O–H groups in total. The summed E-state index contributed by atoms with van der Waals surface area (Å²) >= 11 is 0. The van der Waals surface area contributed by atoms with Crippen LogP contribution in [0.3, 0.4) is 0 Å². The summed E-state index contributed by atoms with van der Waals surface area (Å²) in [6.45, 7) is -0.302. The van der Waals surface area contributed by atoms with Crippen molar-refractivity contribution >= 4 is 8.25 Å². The van der Waals surface area contributed by atoms with Crippen LogP contribution in [0.5, 0.6) is 0 Å². The van der Waals surface area contributed by atoms with Crippen molar-refractivity contribution in [3.8, 4) is 0 Å². The zero-order valence-electron chi connectivity index (χ0n) is 5.89. The smallest absolute Gasteiger partial charge is 0.396 e. The molecular weight excluding hydrogens is 171 g/mol. The molecule has 1 fully saturated rings. The number of aliphatic hydroxyl groups is 2. The molecule has 1 saturated heterocycles. The fraction of sp³-hybridized carbons (Fsp3) is 1.00. The third-order valence-corrected chi connectivity index (χ3v) is 2.30. The number of hydrogen-bond acceptors (Lipinski definition) is 5. The van der Waals surface area contributed by atoms with E-state index in [1.54, 1.807) is 0 Å². The molecule has 0 saturated carbocycles. The van der Waals surface area contributed by atoms with Gasteiger partial charge in [0.2, 0.25) is 0 Å². The van der Waals surface area contributed by atoms with Gasteiger partial charge in [0.15, 0.2) is 0 Å². The second-order valence-electron chi connectivity index (χ2n) is 2.59. The first kappa shape index (κ1) is 9.03. The van der Waals surface area contributed by atoms with Crippen molar-refractivity contribution in [3.63, 3.8) is 0 Å². The maximum Gasteiger partial charge on any atom is 0.697 e. The lowest BCUT2D eigenvalue weighted by molar-refractivity contribution is -0.0464. The minimum atomic E-state index is -2.03. The van der Waals surface area contributed by atoms with E-state index in [1.165, 1.54) is 0 Å². The minimum Gasteiger partial charge on any atom is -0.396 e. The van der Waals surface area contributed by atoms with Gasteiger partial charge >= 0.3 is 8.25 Å². The summed E-state index contributed by atoms with van der Waals surface area (Å²) in [4.78, 5) is 0. The summed E-state index contributed by atoms with van der Waals surface area (Å²) in [6.07, 6.45) is 0. The lowest BCUT2D eigenvalue weighted by Gasteiger charge is -2.26. The van der Waals surface area contributed by atoms with Crippen LogP contribution in [-0.4, -0.2) is 36.6 Å². The molecule has 0 bridgehead atoms. The second-order valence-corrected chi connectivity index (χ2v) is 3.55. The third-order valence-electron chi connectivity index (χ3n) is 1.62. The lowest BCUT2D eigenvalue weighted by atomic mass is 9.93. The van der Waals surface area contributed by atoms with E-state index in [0.29, 0.717) is 0 Å². The number of rotatable bonds is 2. The van der Waals surface area contributed by atoms with Gasteiger partial charge in [0.1, 0.15) is 13.2 Å². The Labute approximate surface area is 64.9 Å². The number of hydrogen-bond donors (Lipinski definition) is 2. The first-order chi connectivity index (χ1) is 5.22. The minimum absolute atomic E-state index is 0.0786. The predicted octanol–water partition coefficient (Wildman–Crippen LogP) is -0.338. The predicted molar refractivity (Wildman–Crippen MR) is 36.1 cm³/mol. The Balaban J connectivity index is 2.52. The molecule has 11 heavy (non-hydrogen) atoms. The van der Waals surface area contributed by atoms with Gasteiger partial charge in [-0.25, -0.2) is 0 Å². The Hall–Kier alpha value is -0.0600. The highest BCUT2D eigenvalue weighted by atomic mass is 31.1. The maximum atomic E-state index is 10.5. The molecule has 1 heterocycles. The van der Waals surface area contributed by atoms with Crippen LogP contribution in [0.25, 0.3) is 0 Å². The highest BCUT2D eigenvalue weighted by molar-refractivity contribution is 7.33. The fourth-order valence-corrected chi connectivity index (χ4v) is 1.52. The first-order valence-corrected chi connectivity index (χ1v) is 4.27. The summed E-state index contributed by atoms with van der Waals surface area (Å²) < 4.78 is 19.8. The van der Waals surface area contributed by atoms with Crippen molar-refractivity contribution < 1.29 is 23.8 Å². The summed E-state index contributed by atoms with van der Waals surface area (Å²) in [5, 5.41) is 17.6. The molecule has 0 aromatic rings. The van der Waals surface area contributed by atoms with Gasteiger partial charge in [-0.1, -0.05) is 0 Å². The first-order valence-electron chi connectivity index (χ1n) is 3.17. The normalized spacial score (nSPS) is 23.6. The third kappa shape index (κ3) is 1.95. The van der Waals surface area contributed by atoms with E-state index in [0.717, 1.165) is 0 Å². The van der Waals surface area contributed by atoms with Crippen LogP contribution < -0.4 is 0 Å². The van der Waals surface area contributed by atoms with Crippen LogP contribution in [-0.2, 0) is 13.6 Å². The average Bonchev–Trinajstić information content (AvgIpc) is 2.07. The summed E-state index contributed by atoms with van der Waals surface area (Å²) in [7, 11) is -2.03. The van der Waals surface area contributed by atoms with Crippen LogP contribution in [0.2, 0.25) is 0 Å². The van der Waals surface area contributed by atoms with E-state index < -0.39 is 13.7 Å². The lowest BCUT2D eigenvalue weighted by Crippen LogP contribution is -2.40. The van der Waals surface area contributed by atoms with Crippen molar-refractivity contribution in [1.29, 1.82) is 0 Å². The Morgan fingerprint density at radius 3 is 2.09 bits per heavy atom. The topological polar surface area (TPSA) is 76.0 Å². The molecule has 1 rings (SSSR count). The maximum absolute atomic E-state index is 10.5. The second kappa shape index (κ2) is 3.56. The zero-order valence-corrected chi connectivity index (χ0v) is 6.79. The Morgan fingerprint density at radius 1 is 1.27 bits per heavy atom. The number of aliphatic hydroxyl groups excluding tert-OH is 2. The highest BCUT2D eigenvalue weighted by Crippen LogP contribution is 2.36. The van der Waals surface area contributed by atoms with Crippen LogP contribution >= 0.6 is 8.25 Å². The monoisotopic (exact) mass is 181 g/mol. The molecule has 0 atom stereocenters. The van der Waals surface area contributed by atoms with Crippen LogP contribution in [0.15, 0.2) is 0 Å². The molecule has 6 heteroatoms. The van der Waals surface area contributed by atoms with Gasteiger partial charge in [0.25, 0.3) is 0 Å². The molecule has 0 aromatic carbocycles. The molecule has 0 spiro atoms. The molecule has 1 aliphatic heterocycles. The van der Waals surface area contributed by atoms with Gasteiger partial charge in [-0.05, 0) is 0 Å². The SMILES string of the molecule is O=[P+]1OCC(CO)(CO)CO1. The van der Waals surface area contributed by atoms with Crippen LogP contribution in [0.4, 0.5) is 0 Å². The van der Waals surface area contributed by atoms with E-state index in [1.807, 2.05) is 0 Å². The van der Waals surface area contributed by atoms with Gasteiger partial charge in [-0.15, -0.1) is 9.05 Å². The molecule has 64 valence electrons. The van der Waals surface area contributed by atoms with E-state index in [9.17, 15) is 4.57 Å². The standard InChI is InChI=1S/C5H10O5P/c6-1-5(2-7)3-9-11(8)10-4-5/h6-7H,1-4H2/q+1. The highest BCUT2D eigenvalue weighted by Gasteiger charge is 2.43. The van der Waals surface area contributed by atoms with E-state index in [-0.39, 0.29) is 26.4 Å². The van der Waals surface area contributed by atoms with Gasteiger partial charge < -0.3 is 10.2 Å². The Kier molecular flexibility index (Phi) is 2.92. The Bertz CT molecular complexity index is 143. The summed E-state index contributed by atoms with van der Waals surface area (Å²) in [6, 6.07) is 0. The summed E-state index contributed by atoms with van der Waals surface area (Å²) in [5.74, 6) is 0. The van der Waals surface area contributed by atoms with E-state index in [2.05, 4.69) is 9.05 Å². The van der Waals surface area contributed by atoms with Crippen molar-refractivity contribution in [1.82, 2.24) is 0 Å². The van der Waals surface area contributed by atoms with E-state index >= 15 is 0 Å². The molecule has 0 radical (unpaired) electrons. The van der Waals surface area contributed by atoms with Gasteiger partial charge in [0.05, 0.1) is 18.6 Å².